The third-order valence-electron chi connectivity index (χ3n) is 7.08. The average Bonchev–Trinajstić information content (AvgIpc) is 3.34. The van der Waals surface area contributed by atoms with Crippen LogP contribution in [0.1, 0.15) is 29.5 Å². The number of anilines is 1. The first kappa shape index (κ1) is 23.7. The van der Waals surface area contributed by atoms with Crippen LogP contribution < -0.4 is 14.8 Å². The second-order valence-electron chi connectivity index (χ2n) is 9.00. The van der Waals surface area contributed by atoms with Crippen LogP contribution in [0.5, 0.6) is 11.5 Å². The predicted octanol–water partition coefficient (Wildman–Crippen LogP) is 4.33. The van der Waals surface area contributed by atoms with Crippen molar-refractivity contribution in [1.29, 1.82) is 0 Å². The molecule has 0 aliphatic carbocycles. The molecule has 1 amide bonds. The lowest BCUT2D eigenvalue weighted by Crippen LogP contribution is -2.54. The van der Waals surface area contributed by atoms with Crippen LogP contribution in [0.15, 0.2) is 66.7 Å². The number of likely N-dealkylation sites (N-methyl/N-ethyl adjacent to an activating group) is 1. The molecule has 3 aromatic carbocycles. The van der Waals surface area contributed by atoms with Crippen LogP contribution in [0.2, 0.25) is 0 Å². The van der Waals surface area contributed by atoms with Gasteiger partial charge in [-0.2, -0.15) is 0 Å². The summed E-state index contributed by atoms with van der Waals surface area (Å²) in [6.45, 7) is 2.48. The maximum Gasteiger partial charge on any atom is 0.256 e. The Morgan fingerprint density at radius 2 is 1.86 bits per heavy atom. The summed E-state index contributed by atoms with van der Waals surface area (Å²) < 4.78 is 25.7. The Bertz CT molecular complexity index is 1330. The fraction of sp³-hybridized carbons (Fsp3) is 0.296. The van der Waals surface area contributed by atoms with Gasteiger partial charge in [-0.3, -0.25) is 19.8 Å². The van der Waals surface area contributed by atoms with Crippen LogP contribution in [-0.4, -0.2) is 42.0 Å². The summed E-state index contributed by atoms with van der Waals surface area (Å²) in [5.41, 5.74) is 0.851. The third-order valence-corrected chi connectivity index (χ3v) is 7.08. The summed E-state index contributed by atoms with van der Waals surface area (Å²) in [5, 5.41) is 15.4. The smallest absolute Gasteiger partial charge is 0.256 e. The topological polar surface area (TPSA) is 93.9 Å². The van der Waals surface area contributed by atoms with Crippen LogP contribution in [0, 0.1) is 15.9 Å². The first-order valence-corrected chi connectivity index (χ1v) is 11.8. The number of hydrogen-bond donors (Lipinski definition) is 1. The van der Waals surface area contributed by atoms with Crippen molar-refractivity contribution in [3.63, 3.8) is 0 Å². The molecule has 0 radical (unpaired) electrons. The van der Waals surface area contributed by atoms with Gasteiger partial charge in [-0.05, 0) is 43.8 Å². The van der Waals surface area contributed by atoms with E-state index in [0.29, 0.717) is 47.0 Å². The summed E-state index contributed by atoms with van der Waals surface area (Å²) in [7, 11) is 1.74. The summed E-state index contributed by atoms with van der Waals surface area (Å²) in [4.78, 5) is 27.2. The van der Waals surface area contributed by atoms with Gasteiger partial charge in [0.25, 0.3) is 11.9 Å². The minimum absolute atomic E-state index is 0.00977. The molecule has 36 heavy (non-hydrogen) atoms. The zero-order chi connectivity index (χ0) is 25.4. The van der Waals surface area contributed by atoms with Crippen molar-refractivity contribution in [3.8, 4) is 11.5 Å². The van der Waals surface area contributed by atoms with Crippen molar-refractivity contribution in [1.82, 2.24) is 4.90 Å². The number of ether oxygens (including phenoxy) is 2. The van der Waals surface area contributed by atoms with Gasteiger partial charge < -0.3 is 14.8 Å². The lowest BCUT2D eigenvalue weighted by atomic mass is 9.79. The van der Waals surface area contributed by atoms with Gasteiger partial charge in [0.2, 0.25) is 0 Å². The lowest BCUT2D eigenvalue weighted by Gasteiger charge is -2.30. The summed E-state index contributed by atoms with van der Waals surface area (Å²) >= 11 is 0. The number of hydrogen-bond acceptors (Lipinski definition) is 6. The minimum atomic E-state index is -1.42. The molecule has 3 aromatic rings. The van der Waals surface area contributed by atoms with Crippen molar-refractivity contribution in [3.05, 3.63) is 99.4 Å². The van der Waals surface area contributed by atoms with E-state index in [2.05, 4.69) is 5.32 Å². The van der Waals surface area contributed by atoms with Crippen molar-refractivity contribution < 1.29 is 23.6 Å². The first-order chi connectivity index (χ1) is 17.4. The Hall–Kier alpha value is -3.98. The van der Waals surface area contributed by atoms with Gasteiger partial charge in [0.15, 0.2) is 17.0 Å². The summed E-state index contributed by atoms with van der Waals surface area (Å²) in [6, 6.07) is 17.4. The quantitative estimate of drug-likeness (QED) is 0.391. The Labute approximate surface area is 207 Å². The molecule has 2 aliphatic heterocycles. The number of likely N-dealkylation sites (tertiary alicyclic amines) is 1. The van der Waals surface area contributed by atoms with Crippen LogP contribution in [0.3, 0.4) is 0 Å². The van der Waals surface area contributed by atoms with E-state index in [-0.39, 0.29) is 17.3 Å². The number of para-hydroxylation sites is 1. The number of benzene rings is 3. The van der Waals surface area contributed by atoms with E-state index in [9.17, 15) is 19.3 Å². The van der Waals surface area contributed by atoms with Gasteiger partial charge in [0.1, 0.15) is 12.4 Å². The van der Waals surface area contributed by atoms with Gasteiger partial charge >= 0.3 is 0 Å². The Morgan fingerprint density at radius 1 is 1.11 bits per heavy atom. The van der Waals surface area contributed by atoms with E-state index in [0.717, 1.165) is 0 Å². The third kappa shape index (κ3) is 3.67. The molecule has 8 nitrogen and oxygen atoms in total. The van der Waals surface area contributed by atoms with Gasteiger partial charge in [-0.15, -0.1) is 0 Å². The highest BCUT2D eigenvalue weighted by atomic mass is 19.1. The Kier molecular flexibility index (Phi) is 6.09. The highest BCUT2D eigenvalue weighted by Crippen LogP contribution is 2.52. The van der Waals surface area contributed by atoms with E-state index >= 15 is 0 Å². The van der Waals surface area contributed by atoms with Crippen LogP contribution in [0.25, 0.3) is 0 Å². The monoisotopic (exact) mass is 491 g/mol. The Balaban J connectivity index is 1.51. The highest BCUT2D eigenvalue weighted by molar-refractivity contribution is 6.06. The van der Waals surface area contributed by atoms with Crippen molar-refractivity contribution >= 4 is 11.6 Å². The lowest BCUT2D eigenvalue weighted by molar-refractivity contribution is -0.534. The van der Waals surface area contributed by atoms with Gasteiger partial charge in [-0.1, -0.05) is 42.5 Å². The molecule has 0 saturated carbocycles. The number of carbonyl (C=O) groups is 1. The second-order valence-corrected chi connectivity index (χ2v) is 9.00. The molecular weight excluding hydrogens is 465 g/mol. The maximum absolute atomic E-state index is 14.0. The molecule has 9 heteroatoms. The van der Waals surface area contributed by atoms with Gasteiger partial charge in [0.05, 0.1) is 12.5 Å². The molecule has 5 rings (SSSR count). The maximum atomic E-state index is 14.0. The number of nitrogens with zero attached hydrogens (tertiary/aromatic N) is 2. The number of nitrogens with one attached hydrogen (secondary N) is 1. The molecule has 2 aliphatic rings. The van der Waals surface area contributed by atoms with Crippen molar-refractivity contribution in [2.24, 2.45) is 0 Å². The van der Waals surface area contributed by atoms with Crippen LogP contribution in [0.4, 0.5) is 10.1 Å². The zero-order valence-corrected chi connectivity index (χ0v) is 19.9. The molecule has 1 fully saturated rings. The first-order valence-electron chi connectivity index (χ1n) is 11.8. The average molecular weight is 492 g/mol. The second kappa shape index (κ2) is 9.23. The van der Waals surface area contributed by atoms with E-state index in [1.54, 1.807) is 72.6 Å². The molecule has 2 heterocycles. The molecule has 1 saturated heterocycles. The fourth-order valence-electron chi connectivity index (χ4n) is 5.49. The number of fused-ring (bicyclic) bond motifs is 2. The van der Waals surface area contributed by atoms with E-state index in [1.165, 1.54) is 6.07 Å². The molecule has 0 aromatic heterocycles. The number of halogens is 1. The zero-order valence-electron chi connectivity index (χ0n) is 19.9. The number of rotatable bonds is 7. The van der Waals surface area contributed by atoms with Crippen LogP contribution >= 0.6 is 0 Å². The number of nitro groups is 1. The largest absolute Gasteiger partial charge is 0.490 e. The van der Waals surface area contributed by atoms with Crippen LogP contribution in [-0.2, 0) is 16.9 Å². The summed E-state index contributed by atoms with van der Waals surface area (Å²) in [6.07, 6.45) is 0. The highest BCUT2D eigenvalue weighted by Gasteiger charge is 2.68. The van der Waals surface area contributed by atoms with Crippen molar-refractivity contribution in [2.45, 2.75) is 31.0 Å². The number of amides is 1. The SMILES string of the molecule is CCOc1cc([C@@H]2CN(C)[C@]3(C(=O)Nc4ccccc43)[C@H]2[N+](=O)[O-])ccc1OCc1ccccc1F. The molecule has 3 atom stereocenters. The molecule has 1 N–H and O–H groups in total. The normalized spacial score (nSPS) is 22.9. The summed E-state index contributed by atoms with van der Waals surface area (Å²) in [5.74, 6) is -0.526. The minimum Gasteiger partial charge on any atom is -0.490 e. The van der Waals surface area contributed by atoms with Gasteiger partial charge in [-0.25, -0.2) is 4.39 Å². The number of carbonyl (C=O) groups excluding carboxylic acids is 1. The molecule has 186 valence electrons. The molecule has 0 bridgehead atoms. The Morgan fingerprint density at radius 3 is 2.61 bits per heavy atom. The van der Waals surface area contributed by atoms with E-state index in [1.807, 2.05) is 6.92 Å². The predicted molar refractivity (Wildman–Crippen MR) is 131 cm³/mol. The van der Waals surface area contributed by atoms with E-state index in [4.69, 9.17) is 9.47 Å². The molecular formula is C27H26FN3O5. The molecule has 1 spiro atoms. The fourth-order valence-corrected chi connectivity index (χ4v) is 5.49. The van der Waals surface area contributed by atoms with E-state index < -0.39 is 23.4 Å². The van der Waals surface area contributed by atoms with Gasteiger partial charge in [0, 0.05) is 28.3 Å². The van der Waals surface area contributed by atoms with Crippen molar-refractivity contribution in [2.75, 3.05) is 25.5 Å². The standard InChI is InChI=1S/C27H26FN3O5/c1-3-35-24-14-17(12-13-23(24)36-16-18-8-4-6-10-21(18)28)19-15-30(2)27(25(19)31(33)34)20-9-5-7-11-22(20)29-26(27)32/h4-14,19,25H,3,15-16H2,1-2H3,(H,29,32)/t19-,25-,27-/m0/s1. The molecule has 0 unspecified atom stereocenters.